The number of guanidine groups is 1. The Morgan fingerprint density at radius 3 is 2.61 bits per heavy atom. The first-order valence-corrected chi connectivity index (χ1v) is 6.36. The molecule has 1 aromatic carbocycles. The summed E-state index contributed by atoms with van der Waals surface area (Å²) in [5.41, 5.74) is 8.56. The van der Waals surface area contributed by atoms with Crippen molar-refractivity contribution in [3.05, 3.63) is 35.4 Å². The lowest BCUT2D eigenvalue weighted by molar-refractivity contribution is 0.293. The van der Waals surface area contributed by atoms with Crippen LogP contribution in [0.25, 0.3) is 0 Å². The highest BCUT2D eigenvalue weighted by Crippen LogP contribution is 2.25. The van der Waals surface area contributed by atoms with Crippen LogP contribution in [0.3, 0.4) is 0 Å². The molecule has 0 aromatic heterocycles. The highest BCUT2D eigenvalue weighted by atomic mass is 15.3. The predicted molar refractivity (Wildman–Crippen MR) is 75.7 cm³/mol. The summed E-state index contributed by atoms with van der Waals surface area (Å²) in [5, 5.41) is 0. The lowest BCUT2D eigenvalue weighted by atomic mass is 10.0. The zero-order chi connectivity index (χ0) is 13.1. The van der Waals surface area contributed by atoms with Gasteiger partial charge in [-0.15, -0.1) is 0 Å². The van der Waals surface area contributed by atoms with E-state index in [1.165, 1.54) is 11.1 Å². The van der Waals surface area contributed by atoms with E-state index in [1.807, 2.05) is 0 Å². The Morgan fingerprint density at radius 1 is 1.33 bits per heavy atom. The van der Waals surface area contributed by atoms with E-state index in [9.17, 15) is 0 Å². The largest absolute Gasteiger partial charge is 0.370 e. The number of hydrogen-bond acceptors (Lipinski definition) is 4. The van der Waals surface area contributed by atoms with Crippen LogP contribution in [0, 0.1) is 6.92 Å². The lowest BCUT2D eigenvalue weighted by Gasteiger charge is -2.27. The second-order valence-corrected chi connectivity index (χ2v) is 5.12. The number of benzene rings is 1. The van der Waals surface area contributed by atoms with Gasteiger partial charge in [0.1, 0.15) is 0 Å². The maximum atomic E-state index is 5.98. The zero-order valence-electron chi connectivity index (χ0n) is 11.4. The fraction of sp³-hybridized carbons (Fsp3) is 0.500. The van der Waals surface area contributed by atoms with Crippen LogP contribution in [0.2, 0.25) is 0 Å². The van der Waals surface area contributed by atoms with E-state index in [0.717, 1.165) is 19.6 Å². The molecule has 0 spiro atoms. The topological polar surface area (TPSA) is 44.9 Å². The van der Waals surface area contributed by atoms with Crippen LogP contribution in [-0.2, 0) is 0 Å². The van der Waals surface area contributed by atoms with Gasteiger partial charge in [0.25, 0.3) is 0 Å². The van der Waals surface area contributed by atoms with E-state index in [4.69, 9.17) is 5.73 Å². The molecule has 0 bridgehead atoms. The van der Waals surface area contributed by atoms with Crippen molar-refractivity contribution in [3.63, 3.8) is 0 Å². The molecule has 1 unspecified atom stereocenters. The Balaban J connectivity index is 2.10. The Labute approximate surface area is 109 Å². The van der Waals surface area contributed by atoms with E-state index in [1.54, 1.807) is 0 Å². The molecule has 2 rings (SSSR count). The van der Waals surface area contributed by atoms with Crippen LogP contribution in [-0.4, -0.2) is 49.5 Å². The van der Waals surface area contributed by atoms with Gasteiger partial charge in [-0.3, -0.25) is 4.99 Å². The standard InChI is InChI=1S/C14H22N4/c1-11-4-6-12(7-5-11)13-10-16-14(15)18(13)9-8-17(2)3/h4-7,13H,8-10H2,1-3H3,(H2,15,16). The molecule has 4 nitrogen and oxygen atoms in total. The number of hydrogen-bond donors (Lipinski definition) is 1. The average Bonchev–Trinajstić information content (AvgIpc) is 2.69. The highest BCUT2D eigenvalue weighted by molar-refractivity contribution is 5.80. The third-order valence-electron chi connectivity index (χ3n) is 3.35. The number of likely N-dealkylation sites (N-methyl/N-ethyl adjacent to an activating group) is 1. The summed E-state index contributed by atoms with van der Waals surface area (Å²) in [6.07, 6.45) is 0. The molecule has 1 aliphatic heterocycles. The van der Waals surface area contributed by atoms with E-state index in [2.05, 4.69) is 60.1 Å². The molecule has 0 fully saturated rings. The minimum absolute atomic E-state index is 0.297. The van der Waals surface area contributed by atoms with E-state index in [-0.39, 0.29) is 0 Å². The Morgan fingerprint density at radius 2 is 2.00 bits per heavy atom. The van der Waals surface area contributed by atoms with Crippen molar-refractivity contribution < 1.29 is 0 Å². The molecular weight excluding hydrogens is 224 g/mol. The second kappa shape index (κ2) is 5.40. The number of aliphatic imine (C=N–C) groups is 1. The molecule has 98 valence electrons. The van der Waals surface area contributed by atoms with Crippen LogP contribution < -0.4 is 5.73 Å². The first-order chi connectivity index (χ1) is 8.58. The maximum Gasteiger partial charge on any atom is 0.191 e. The Hall–Kier alpha value is -1.55. The normalized spacial score (nSPS) is 19.4. The predicted octanol–water partition coefficient (Wildman–Crippen LogP) is 1.23. The first-order valence-electron chi connectivity index (χ1n) is 6.36. The fourth-order valence-electron chi connectivity index (χ4n) is 2.18. The molecule has 2 N–H and O–H groups in total. The third kappa shape index (κ3) is 2.82. The summed E-state index contributed by atoms with van der Waals surface area (Å²) in [6.45, 7) is 4.77. The average molecular weight is 246 g/mol. The van der Waals surface area contributed by atoms with Crippen LogP contribution in [0.4, 0.5) is 0 Å². The van der Waals surface area contributed by atoms with Gasteiger partial charge in [-0.05, 0) is 26.6 Å². The molecule has 4 heteroatoms. The van der Waals surface area contributed by atoms with Crippen LogP contribution >= 0.6 is 0 Å². The summed E-state index contributed by atoms with van der Waals surface area (Å²) in [5.74, 6) is 0.669. The molecule has 1 atom stereocenters. The quantitative estimate of drug-likeness (QED) is 0.869. The molecule has 0 amide bonds. The summed E-state index contributed by atoms with van der Waals surface area (Å²) >= 11 is 0. The SMILES string of the molecule is Cc1ccc(C2CN=C(N)N2CCN(C)C)cc1. The number of nitrogens with two attached hydrogens (primary N) is 1. The molecule has 1 aromatic rings. The van der Waals surface area contributed by atoms with Gasteiger partial charge in [-0.2, -0.15) is 0 Å². The van der Waals surface area contributed by atoms with Gasteiger partial charge in [-0.25, -0.2) is 0 Å². The fourth-order valence-corrected chi connectivity index (χ4v) is 2.18. The molecule has 0 radical (unpaired) electrons. The van der Waals surface area contributed by atoms with Crippen molar-refractivity contribution in [2.75, 3.05) is 33.7 Å². The second-order valence-electron chi connectivity index (χ2n) is 5.12. The number of aryl methyl sites for hydroxylation is 1. The molecule has 0 aliphatic carbocycles. The molecule has 1 heterocycles. The lowest BCUT2D eigenvalue weighted by Crippen LogP contribution is -2.40. The van der Waals surface area contributed by atoms with E-state index >= 15 is 0 Å². The van der Waals surface area contributed by atoms with Crippen molar-refractivity contribution in [3.8, 4) is 0 Å². The van der Waals surface area contributed by atoms with Gasteiger partial charge in [0.15, 0.2) is 5.96 Å². The van der Waals surface area contributed by atoms with Crippen molar-refractivity contribution >= 4 is 5.96 Å². The third-order valence-corrected chi connectivity index (χ3v) is 3.35. The van der Waals surface area contributed by atoms with Gasteiger partial charge in [0.2, 0.25) is 0 Å². The smallest absolute Gasteiger partial charge is 0.191 e. The van der Waals surface area contributed by atoms with Gasteiger partial charge < -0.3 is 15.5 Å². The van der Waals surface area contributed by atoms with Crippen LogP contribution in [0.5, 0.6) is 0 Å². The summed E-state index contributed by atoms with van der Waals surface area (Å²) in [6, 6.07) is 8.95. The van der Waals surface area contributed by atoms with Gasteiger partial charge in [-0.1, -0.05) is 29.8 Å². The van der Waals surface area contributed by atoms with E-state index in [0.29, 0.717) is 12.0 Å². The van der Waals surface area contributed by atoms with Gasteiger partial charge in [0.05, 0.1) is 12.6 Å². The molecule has 1 aliphatic rings. The van der Waals surface area contributed by atoms with Crippen LogP contribution in [0.1, 0.15) is 17.2 Å². The summed E-state index contributed by atoms with van der Waals surface area (Å²) in [7, 11) is 4.15. The molecule has 0 saturated heterocycles. The molecular formula is C14H22N4. The zero-order valence-corrected chi connectivity index (χ0v) is 11.4. The van der Waals surface area contributed by atoms with Crippen molar-refractivity contribution in [1.82, 2.24) is 9.80 Å². The Bertz CT molecular complexity index is 422. The maximum absolute atomic E-state index is 5.98. The minimum Gasteiger partial charge on any atom is -0.370 e. The molecule has 0 saturated carbocycles. The molecule has 18 heavy (non-hydrogen) atoms. The summed E-state index contributed by atoms with van der Waals surface area (Å²) in [4.78, 5) is 8.74. The van der Waals surface area contributed by atoms with Crippen molar-refractivity contribution in [2.45, 2.75) is 13.0 Å². The minimum atomic E-state index is 0.297. The van der Waals surface area contributed by atoms with Gasteiger partial charge >= 0.3 is 0 Å². The first kappa shape index (κ1) is 12.9. The Kier molecular flexibility index (Phi) is 3.87. The monoisotopic (exact) mass is 246 g/mol. The highest BCUT2D eigenvalue weighted by Gasteiger charge is 2.26. The summed E-state index contributed by atoms with van der Waals surface area (Å²) < 4.78 is 0. The number of rotatable bonds is 4. The van der Waals surface area contributed by atoms with Crippen LogP contribution in [0.15, 0.2) is 29.3 Å². The van der Waals surface area contributed by atoms with Crippen molar-refractivity contribution in [1.29, 1.82) is 0 Å². The number of nitrogens with zero attached hydrogens (tertiary/aromatic N) is 3. The van der Waals surface area contributed by atoms with Gasteiger partial charge in [0, 0.05) is 13.1 Å². The van der Waals surface area contributed by atoms with E-state index < -0.39 is 0 Å². The van der Waals surface area contributed by atoms with Crippen molar-refractivity contribution in [2.24, 2.45) is 10.7 Å².